The molecule has 0 spiro atoms. The average Bonchev–Trinajstić information content (AvgIpc) is 2.25. The second-order valence-electron chi connectivity index (χ2n) is 3.72. The Kier molecular flexibility index (Phi) is 5.10. The third kappa shape index (κ3) is 4.29. The van der Waals surface area contributed by atoms with Crippen LogP contribution in [0, 0.1) is 5.92 Å². The maximum absolute atomic E-state index is 10.6. The number of ether oxygens (including phenoxy) is 1. The van der Waals surface area contributed by atoms with Crippen LogP contribution in [0.1, 0.15) is 32.6 Å². The molecule has 3 N–H and O–H groups in total. The fourth-order valence-corrected chi connectivity index (χ4v) is 1.77. The molecule has 15 heavy (non-hydrogen) atoms. The van der Waals surface area contributed by atoms with E-state index in [0.29, 0.717) is 5.92 Å². The van der Waals surface area contributed by atoms with E-state index in [9.17, 15) is 4.79 Å². The molecule has 0 unspecified atom stereocenters. The first-order valence-corrected chi connectivity index (χ1v) is 5.43. The molecule has 5 nitrogen and oxygen atoms in total. The number of hydrogen-bond donors (Lipinski definition) is 2. The second-order valence-corrected chi connectivity index (χ2v) is 3.72. The van der Waals surface area contributed by atoms with E-state index in [1.165, 1.54) is 0 Å². The van der Waals surface area contributed by atoms with E-state index in [4.69, 9.17) is 10.5 Å². The van der Waals surface area contributed by atoms with Gasteiger partial charge in [-0.25, -0.2) is 10.2 Å². The fraction of sp³-hybridized carbons (Fsp3) is 0.800. The van der Waals surface area contributed by atoms with Crippen molar-refractivity contribution < 1.29 is 9.53 Å². The van der Waals surface area contributed by atoms with Gasteiger partial charge in [-0.15, -0.1) is 0 Å². The van der Waals surface area contributed by atoms with Crippen molar-refractivity contribution in [2.45, 2.75) is 32.6 Å². The topological polar surface area (TPSA) is 76.7 Å². The summed E-state index contributed by atoms with van der Waals surface area (Å²) in [6.45, 7) is 3.66. The lowest BCUT2D eigenvalue weighted by molar-refractivity contribution is 0.0822. The number of primary amides is 1. The molecule has 1 saturated heterocycles. The first kappa shape index (κ1) is 12.0. The number of hydrogen-bond acceptors (Lipinski definition) is 3. The Labute approximate surface area is 90.0 Å². The Hall–Kier alpha value is -1.10. The highest BCUT2D eigenvalue weighted by molar-refractivity contribution is 5.88. The van der Waals surface area contributed by atoms with Gasteiger partial charge in [-0.3, -0.25) is 0 Å². The number of urea groups is 1. The molecule has 0 saturated carbocycles. The average molecular weight is 213 g/mol. The van der Waals surface area contributed by atoms with Crippen LogP contribution in [0.15, 0.2) is 5.10 Å². The van der Waals surface area contributed by atoms with Crippen molar-refractivity contribution >= 4 is 11.7 Å². The summed E-state index contributed by atoms with van der Waals surface area (Å²) in [5.41, 5.74) is 8.34. The highest BCUT2D eigenvalue weighted by atomic mass is 16.5. The Morgan fingerprint density at radius 3 is 2.73 bits per heavy atom. The lowest BCUT2D eigenvalue weighted by atomic mass is 9.92. The van der Waals surface area contributed by atoms with Gasteiger partial charge in [-0.05, 0) is 19.3 Å². The summed E-state index contributed by atoms with van der Waals surface area (Å²) < 4.78 is 5.29. The highest BCUT2D eigenvalue weighted by Crippen LogP contribution is 2.18. The monoisotopic (exact) mass is 213 g/mol. The molecular weight excluding hydrogens is 194 g/mol. The summed E-state index contributed by atoms with van der Waals surface area (Å²) >= 11 is 0. The van der Waals surface area contributed by atoms with Gasteiger partial charge in [0.2, 0.25) is 0 Å². The molecule has 1 fully saturated rings. The molecule has 5 heteroatoms. The van der Waals surface area contributed by atoms with E-state index < -0.39 is 6.03 Å². The molecule has 1 aliphatic rings. The SMILES string of the molecule is CCC/C(=N/NC(N)=O)C1CCOCC1. The van der Waals surface area contributed by atoms with Gasteiger partial charge < -0.3 is 10.5 Å². The standard InChI is InChI=1S/C10H19N3O2/c1-2-3-9(12-13-10(11)14)8-4-6-15-7-5-8/h8H,2-7H2,1H3,(H3,11,13,14)/b12-9-. The van der Waals surface area contributed by atoms with Gasteiger partial charge >= 0.3 is 6.03 Å². The molecule has 0 bridgehead atoms. The van der Waals surface area contributed by atoms with Crippen molar-refractivity contribution in [2.75, 3.05) is 13.2 Å². The minimum Gasteiger partial charge on any atom is -0.381 e. The van der Waals surface area contributed by atoms with E-state index in [0.717, 1.165) is 44.6 Å². The molecule has 1 aliphatic heterocycles. The zero-order valence-corrected chi connectivity index (χ0v) is 9.16. The minimum atomic E-state index is -0.601. The predicted octanol–water partition coefficient (Wildman–Crippen LogP) is 1.24. The van der Waals surface area contributed by atoms with E-state index >= 15 is 0 Å². The van der Waals surface area contributed by atoms with Crippen molar-refractivity contribution in [3.8, 4) is 0 Å². The smallest absolute Gasteiger partial charge is 0.332 e. The molecule has 0 radical (unpaired) electrons. The van der Waals surface area contributed by atoms with Crippen LogP contribution in [0.25, 0.3) is 0 Å². The van der Waals surface area contributed by atoms with Gasteiger partial charge in [-0.1, -0.05) is 13.3 Å². The Balaban J connectivity index is 2.54. The molecule has 0 atom stereocenters. The number of carbonyl (C=O) groups excluding carboxylic acids is 1. The number of nitrogens with two attached hydrogens (primary N) is 1. The lowest BCUT2D eigenvalue weighted by Crippen LogP contribution is -2.29. The maximum atomic E-state index is 10.6. The Bertz CT molecular complexity index is 235. The van der Waals surface area contributed by atoms with Gasteiger partial charge in [0, 0.05) is 24.8 Å². The molecule has 0 aromatic carbocycles. The van der Waals surface area contributed by atoms with Crippen molar-refractivity contribution in [1.82, 2.24) is 5.43 Å². The molecule has 0 aliphatic carbocycles. The number of amides is 2. The minimum absolute atomic E-state index is 0.436. The number of nitrogens with one attached hydrogen (secondary N) is 1. The lowest BCUT2D eigenvalue weighted by Gasteiger charge is -2.23. The van der Waals surface area contributed by atoms with Crippen LogP contribution in [-0.4, -0.2) is 25.0 Å². The van der Waals surface area contributed by atoms with Gasteiger partial charge in [0.1, 0.15) is 0 Å². The van der Waals surface area contributed by atoms with Crippen molar-refractivity contribution in [1.29, 1.82) is 0 Å². The van der Waals surface area contributed by atoms with Crippen LogP contribution in [0.4, 0.5) is 4.79 Å². The van der Waals surface area contributed by atoms with Crippen LogP contribution >= 0.6 is 0 Å². The molecule has 1 heterocycles. The number of nitrogens with zero attached hydrogens (tertiary/aromatic N) is 1. The summed E-state index contributed by atoms with van der Waals surface area (Å²) in [5, 5.41) is 4.07. The van der Waals surface area contributed by atoms with Crippen molar-refractivity contribution in [3.05, 3.63) is 0 Å². The van der Waals surface area contributed by atoms with E-state index in [-0.39, 0.29) is 0 Å². The fourth-order valence-electron chi connectivity index (χ4n) is 1.77. The van der Waals surface area contributed by atoms with Gasteiger partial charge in [0.25, 0.3) is 0 Å². The third-order valence-electron chi connectivity index (χ3n) is 2.51. The summed E-state index contributed by atoms with van der Waals surface area (Å²) in [6.07, 6.45) is 3.90. The molecule has 0 aromatic heterocycles. The van der Waals surface area contributed by atoms with Gasteiger partial charge in [0.05, 0.1) is 0 Å². The quantitative estimate of drug-likeness (QED) is 0.544. The Morgan fingerprint density at radius 2 is 2.20 bits per heavy atom. The number of hydrazone groups is 1. The van der Waals surface area contributed by atoms with Crippen LogP contribution < -0.4 is 11.2 Å². The van der Waals surface area contributed by atoms with E-state index in [1.807, 2.05) is 0 Å². The summed E-state index contributed by atoms with van der Waals surface area (Å²) in [7, 11) is 0. The molecule has 0 aromatic rings. The molecule has 1 rings (SSSR count). The first-order valence-electron chi connectivity index (χ1n) is 5.43. The zero-order chi connectivity index (χ0) is 11.1. The predicted molar refractivity (Wildman–Crippen MR) is 58.6 cm³/mol. The first-order chi connectivity index (χ1) is 7.24. The molecular formula is C10H19N3O2. The van der Waals surface area contributed by atoms with E-state index in [2.05, 4.69) is 17.5 Å². The zero-order valence-electron chi connectivity index (χ0n) is 9.16. The van der Waals surface area contributed by atoms with E-state index in [1.54, 1.807) is 0 Å². The summed E-state index contributed by atoms with van der Waals surface area (Å²) in [4.78, 5) is 10.6. The highest BCUT2D eigenvalue weighted by Gasteiger charge is 2.19. The number of rotatable bonds is 4. The third-order valence-corrected chi connectivity index (χ3v) is 2.51. The summed E-state index contributed by atoms with van der Waals surface area (Å²) in [5.74, 6) is 0.436. The maximum Gasteiger partial charge on any atom is 0.332 e. The van der Waals surface area contributed by atoms with Crippen LogP contribution in [0.3, 0.4) is 0 Å². The molecule has 2 amide bonds. The number of carbonyl (C=O) groups is 1. The van der Waals surface area contributed by atoms with Crippen LogP contribution in [0.5, 0.6) is 0 Å². The Morgan fingerprint density at radius 1 is 1.53 bits per heavy atom. The van der Waals surface area contributed by atoms with Gasteiger partial charge in [0.15, 0.2) is 0 Å². The van der Waals surface area contributed by atoms with Crippen molar-refractivity contribution in [3.63, 3.8) is 0 Å². The molecule has 86 valence electrons. The normalized spacial score (nSPS) is 18.9. The summed E-state index contributed by atoms with van der Waals surface area (Å²) in [6, 6.07) is -0.601. The van der Waals surface area contributed by atoms with Crippen molar-refractivity contribution in [2.24, 2.45) is 16.8 Å². The van der Waals surface area contributed by atoms with Gasteiger partial charge in [-0.2, -0.15) is 5.10 Å². The second kappa shape index (κ2) is 6.40. The largest absolute Gasteiger partial charge is 0.381 e. The van der Waals surface area contributed by atoms with Crippen LogP contribution in [-0.2, 0) is 4.74 Å². The van der Waals surface area contributed by atoms with Crippen LogP contribution in [0.2, 0.25) is 0 Å².